The smallest absolute Gasteiger partial charge is 0.290 e. The van der Waals surface area contributed by atoms with Crippen molar-refractivity contribution in [3.8, 4) is 5.75 Å². The zero-order chi connectivity index (χ0) is 21.7. The minimum atomic E-state index is -0.675. The van der Waals surface area contributed by atoms with Crippen molar-refractivity contribution in [2.45, 2.75) is 13.5 Å². The summed E-state index contributed by atoms with van der Waals surface area (Å²) in [6, 6.07) is 10.8. The van der Waals surface area contributed by atoms with Crippen molar-refractivity contribution in [3.05, 3.63) is 76.0 Å². The fourth-order valence-corrected chi connectivity index (χ4v) is 2.79. The molecule has 0 aliphatic rings. The van der Waals surface area contributed by atoms with Gasteiger partial charge in [0.05, 0.1) is 12.5 Å². The minimum Gasteiger partial charge on any atom is -0.494 e. The van der Waals surface area contributed by atoms with Crippen LogP contribution < -0.4 is 21.1 Å². The topological polar surface area (TPSA) is 102 Å². The van der Waals surface area contributed by atoms with Gasteiger partial charge in [-0.05, 0) is 36.8 Å². The summed E-state index contributed by atoms with van der Waals surface area (Å²) in [6.45, 7) is 2.02. The molecule has 0 radical (unpaired) electrons. The monoisotopic (exact) mass is 410 g/mol. The first-order valence-corrected chi connectivity index (χ1v) is 9.06. The molecule has 1 heterocycles. The predicted molar refractivity (Wildman–Crippen MR) is 109 cm³/mol. The molecule has 3 rings (SSSR count). The van der Waals surface area contributed by atoms with Crippen LogP contribution in [-0.2, 0) is 11.3 Å². The van der Waals surface area contributed by atoms with Gasteiger partial charge in [-0.15, -0.1) is 0 Å². The van der Waals surface area contributed by atoms with Crippen LogP contribution in [0.4, 0.5) is 4.39 Å². The third-order valence-corrected chi connectivity index (χ3v) is 4.28. The van der Waals surface area contributed by atoms with E-state index >= 15 is 0 Å². The van der Waals surface area contributed by atoms with Crippen molar-refractivity contribution in [3.63, 3.8) is 0 Å². The maximum absolute atomic E-state index is 13.7. The summed E-state index contributed by atoms with van der Waals surface area (Å²) in [6.07, 6.45) is 2.52. The summed E-state index contributed by atoms with van der Waals surface area (Å²) in [4.78, 5) is 36.9. The highest BCUT2D eigenvalue weighted by Crippen LogP contribution is 2.18. The molecule has 0 atom stereocenters. The Hall–Kier alpha value is -4.01. The number of hydrogen-bond acceptors (Lipinski definition) is 5. The summed E-state index contributed by atoms with van der Waals surface area (Å²) in [5.74, 6) is -1.77. The Balaban J connectivity index is 1.73. The maximum atomic E-state index is 13.7. The number of nitrogens with zero attached hydrogens (tertiary/aromatic N) is 2. The molecule has 8 nitrogen and oxygen atoms in total. The van der Waals surface area contributed by atoms with Crippen molar-refractivity contribution in [1.29, 1.82) is 0 Å². The number of carbonyl (C=O) groups is 2. The van der Waals surface area contributed by atoms with Crippen molar-refractivity contribution in [2.24, 2.45) is 0 Å². The van der Waals surface area contributed by atoms with E-state index in [1.54, 1.807) is 37.3 Å². The summed E-state index contributed by atoms with van der Waals surface area (Å²) in [5.41, 5.74) is 4.65. The summed E-state index contributed by atoms with van der Waals surface area (Å²) < 4.78 is 19.7. The fraction of sp³-hybridized carbons (Fsp3) is 0.143. The van der Waals surface area contributed by atoms with E-state index in [-0.39, 0.29) is 23.5 Å². The number of carbonyl (C=O) groups excluding carboxylic acids is 2. The van der Waals surface area contributed by atoms with Gasteiger partial charge < -0.3 is 4.74 Å². The Labute approximate surface area is 170 Å². The van der Waals surface area contributed by atoms with Gasteiger partial charge in [0.25, 0.3) is 17.4 Å². The standard InChI is InChI=1S/C21H19FN4O4/c1-3-26-21(29)15-7-5-4-6-14(15)19(25-26)20(28)24-23-18(27)11-9-13-8-10-17(30-2)16(22)12-13/h4-12H,3H2,1-2H3,(H,23,27)(H,24,28)/b11-9+. The van der Waals surface area contributed by atoms with Gasteiger partial charge in [0.2, 0.25) is 0 Å². The number of nitrogens with one attached hydrogen (secondary N) is 2. The third kappa shape index (κ3) is 4.35. The molecule has 1 aromatic heterocycles. The molecule has 0 saturated carbocycles. The summed E-state index contributed by atoms with van der Waals surface area (Å²) >= 11 is 0. The predicted octanol–water partition coefficient (Wildman–Crippen LogP) is 2.04. The molecule has 0 aliphatic heterocycles. The highest BCUT2D eigenvalue weighted by molar-refractivity contribution is 6.05. The van der Waals surface area contributed by atoms with E-state index in [1.807, 2.05) is 0 Å². The number of amides is 2. The normalized spacial score (nSPS) is 10.9. The first-order valence-electron chi connectivity index (χ1n) is 9.06. The lowest BCUT2D eigenvalue weighted by Gasteiger charge is -2.10. The Bertz CT molecular complexity index is 1200. The second-order valence-corrected chi connectivity index (χ2v) is 6.19. The average Bonchev–Trinajstić information content (AvgIpc) is 2.76. The van der Waals surface area contributed by atoms with E-state index in [9.17, 15) is 18.8 Å². The number of hydrogen-bond donors (Lipinski definition) is 2. The number of hydrazine groups is 1. The zero-order valence-corrected chi connectivity index (χ0v) is 16.3. The van der Waals surface area contributed by atoms with Crippen molar-refractivity contribution < 1.29 is 18.7 Å². The van der Waals surface area contributed by atoms with E-state index in [0.29, 0.717) is 16.3 Å². The van der Waals surface area contributed by atoms with E-state index in [4.69, 9.17) is 4.74 Å². The van der Waals surface area contributed by atoms with E-state index in [0.717, 1.165) is 6.08 Å². The molecule has 0 spiro atoms. The second-order valence-electron chi connectivity index (χ2n) is 6.19. The number of ether oxygens (including phenoxy) is 1. The molecule has 2 aromatic carbocycles. The molecule has 2 amide bonds. The van der Waals surface area contributed by atoms with Crippen LogP contribution in [-0.4, -0.2) is 28.7 Å². The summed E-state index contributed by atoms with van der Waals surface area (Å²) in [7, 11) is 1.36. The molecule has 0 aliphatic carbocycles. The molecular formula is C21H19FN4O4. The van der Waals surface area contributed by atoms with Crippen LogP contribution in [0.5, 0.6) is 5.75 Å². The largest absolute Gasteiger partial charge is 0.494 e. The highest BCUT2D eigenvalue weighted by Gasteiger charge is 2.16. The molecule has 2 N–H and O–H groups in total. The molecule has 9 heteroatoms. The van der Waals surface area contributed by atoms with Gasteiger partial charge in [-0.25, -0.2) is 9.07 Å². The summed E-state index contributed by atoms with van der Waals surface area (Å²) in [5, 5.41) is 4.82. The van der Waals surface area contributed by atoms with Gasteiger partial charge >= 0.3 is 0 Å². The number of rotatable bonds is 5. The highest BCUT2D eigenvalue weighted by atomic mass is 19.1. The minimum absolute atomic E-state index is 0.00792. The van der Waals surface area contributed by atoms with Crippen LogP contribution in [0, 0.1) is 5.82 Å². The van der Waals surface area contributed by atoms with E-state index < -0.39 is 17.6 Å². The Morgan fingerprint density at radius 1 is 1.17 bits per heavy atom. The number of methoxy groups -OCH3 is 1. The third-order valence-electron chi connectivity index (χ3n) is 4.28. The first kappa shape index (κ1) is 20.7. The molecule has 0 fully saturated rings. The van der Waals surface area contributed by atoms with Crippen LogP contribution in [0.2, 0.25) is 0 Å². The molecule has 30 heavy (non-hydrogen) atoms. The van der Waals surface area contributed by atoms with Crippen LogP contribution in [0.15, 0.2) is 53.3 Å². The van der Waals surface area contributed by atoms with Crippen molar-refractivity contribution in [1.82, 2.24) is 20.6 Å². The van der Waals surface area contributed by atoms with Gasteiger partial charge in [0, 0.05) is 18.0 Å². The number of aryl methyl sites for hydroxylation is 1. The van der Waals surface area contributed by atoms with Gasteiger partial charge in [0.15, 0.2) is 17.3 Å². The Kier molecular flexibility index (Phi) is 6.21. The average molecular weight is 410 g/mol. The quantitative estimate of drug-likeness (QED) is 0.495. The molecular weight excluding hydrogens is 391 g/mol. The first-order chi connectivity index (χ1) is 14.4. The molecule has 0 unspecified atom stereocenters. The second kappa shape index (κ2) is 8.99. The van der Waals surface area contributed by atoms with Gasteiger partial charge in [-0.2, -0.15) is 5.10 Å². The van der Waals surface area contributed by atoms with Crippen molar-refractivity contribution >= 4 is 28.7 Å². The molecule has 0 saturated heterocycles. The molecule has 154 valence electrons. The van der Waals surface area contributed by atoms with Crippen LogP contribution in [0.1, 0.15) is 23.0 Å². The Morgan fingerprint density at radius 3 is 2.57 bits per heavy atom. The lowest BCUT2D eigenvalue weighted by Crippen LogP contribution is -2.42. The van der Waals surface area contributed by atoms with Gasteiger partial charge in [-0.1, -0.05) is 24.3 Å². The number of benzene rings is 2. The van der Waals surface area contributed by atoms with E-state index in [1.165, 1.54) is 30.0 Å². The number of fused-ring (bicyclic) bond motifs is 1. The fourth-order valence-electron chi connectivity index (χ4n) is 2.79. The van der Waals surface area contributed by atoms with Crippen LogP contribution in [0.3, 0.4) is 0 Å². The lowest BCUT2D eigenvalue weighted by molar-refractivity contribution is -0.117. The Morgan fingerprint density at radius 2 is 1.90 bits per heavy atom. The lowest BCUT2D eigenvalue weighted by atomic mass is 10.1. The number of halogens is 1. The molecule has 0 bridgehead atoms. The number of aromatic nitrogens is 2. The SMILES string of the molecule is CCn1nc(C(=O)NNC(=O)/C=C/c2ccc(OC)c(F)c2)c2ccccc2c1=O. The van der Waals surface area contributed by atoms with Crippen LogP contribution in [0.25, 0.3) is 16.8 Å². The maximum Gasteiger partial charge on any atom is 0.290 e. The van der Waals surface area contributed by atoms with Crippen LogP contribution >= 0.6 is 0 Å². The zero-order valence-electron chi connectivity index (χ0n) is 16.3. The van der Waals surface area contributed by atoms with E-state index in [2.05, 4.69) is 16.0 Å². The van der Waals surface area contributed by atoms with Gasteiger partial charge in [-0.3, -0.25) is 25.2 Å². The molecule has 3 aromatic rings. The van der Waals surface area contributed by atoms with Gasteiger partial charge in [0.1, 0.15) is 0 Å². The van der Waals surface area contributed by atoms with Crippen molar-refractivity contribution in [2.75, 3.05) is 7.11 Å².